The molecule has 7 heteroatoms. The molecule has 168 valence electrons. The van der Waals surface area contributed by atoms with Crippen molar-refractivity contribution < 1.29 is 18.0 Å². The van der Waals surface area contributed by atoms with Gasteiger partial charge in [0.1, 0.15) is 17.3 Å². The molecule has 1 N–H and O–H groups in total. The number of anilines is 1. The Balaban J connectivity index is 1.52. The second-order valence-corrected chi connectivity index (χ2v) is 8.25. The van der Waals surface area contributed by atoms with Gasteiger partial charge in [0.25, 0.3) is 5.91 Å². The highest BCUT2D eigenvalue weighted by atomic mass is 19.1. The van der Waals surface area contributed by atoms with Crippen molar-refractivity contribution in [1.82, 2.24) is 9.55 Å². The third-order valence-electron chi connectivity index (χ3n) is 6.06. The molecule has 0 atom stereocenters. The molecule has 0 radical (unpaired) electrons. The van der Waals surface area contributed by atoms with Gasteiger partial charge in [-0.05, 0) is 61.4 Å². The highest BCUT2D eigenvalue weighted by Gasteiger charge is 2.25. The van der Waals surface area contributed by atoms with Crippen LogP contribution in [0.5, 0.6) is 0 Å². The maximum absolute atomic E-state index is 13.9. The van der Waals surface area contributed by atoms with Crippen LogP contribution in [0.4, 0.5) is 14.5 Å². The molecule has 2 aromatic heterocycles. The van der Waals surface area contributed by atoms with Gasteiger partial charge >= 0.3 is 0 Å². The molecule has 0 unspecified atom stereocenters. The van der Waals surface area contributed by atoms with Crippen LogP contribution in [0.15, 0.2) is 71.4 Å². The molecule has 0 bridgehead atoms. The second-order valence-electron chi connectivity index (χ2n) is 8.25. The average Bonchev–Trinajstić information content (AvgIpc) is 3.49. The van der Waals surface area contributed by atoms with Gasteiger partial charge in [0.05, 0.1) is 17.7 Å². The van der Waals surface area contributed by atoms with Gasteiger partial charge in [-0.2, -0.15) is 0 Å². The summed E-state index contributed by atoms with van der Waals surface area (Å²) in [6.07, 6.45) is 7.37. The Morgan fingerprint density at radius 2 is 1.73 bits per heavy atom. The Labute approximate surface area is 190 Å². The number of amides is 1. The minimum absolute atomic E-state index is 0.0645. The number of halogens is 2. The van der Waals surface area contributed by atoms with Gasteiger partial charge in [-0.25, -0.2) is 13.8 Å². The Morgan fingerprint density at radius 3 is 2.48 bits per heavy atom. The van der Waals surface area contributed by atoms with Crippen LogP contribution >= 0.6 is 0 Å². The summed E-state index contributed by atoms with van der Waals surface area (Å²) in [7, 11) is 0. The highest BCUT2D eigenvalue weighted by Crippen LogP contribution is 2.38. The average molecular weight is 447 g/mol. The molecule has 5 rings (SSSR count). The van der Waals surface area contributed by atoms with E-state index in [0.717, 1.165) is 36.9 Å². The van der Waals surface area contributed by atoms with Crippen molar-refractivity contribution in [2.75, 3.05) is 5.32 Å². The zero-order valence-electron chi connectivity index (χ0n) is 17.9. The molecule has 5 nitrogen and oxygen atoms in total. The maximum Gasteiger partial charge on any atom is 0.291 e. The van der Waals surface area contributed by atoms with Gasteiger partial charge in [0.15, 0.2) is 11.5 Å². The minimum atomic E-state index is -0.543. The Hall–Kier alpha value is -3.74. The summed E-state index contributed by atoms with van der Waals surface area (Å²) in [6.45, 7) is 0. The number of carbonyl (C=O) groups is 1. The van der Waals surface area contributed by atoms with Crippen molar-refractivity contribution >= 4 is 11.6 Å². The molecule has 1 amide bonds. The van der Waals surface area contributed by atoms with E-state index in [1.807, 2.05) is 0 Å². The molecular formula is C26H23F2N3O2. The molecular weight excluding hydrogens is 424 g/mol. The molecule has 1 aliphatic carbocycles. The molecule has 2 heterocycles. The van der Waals surface area contributed by atoms with E-state index in [-0.39, 0.29) is 23.3 Å². The predicted molar refractivity (Wildman–Crippen MR) is 122 cm³/mol. The first-order valence-corrected chi connectivity index (χ1v) is 11.1. The fraction of sp³-hybridized carbons (Fsp3) is 0.231. The van der Waals surface area contributed by atoms with Crippen molar-refractivity contribution in [3.05, 3.63) is 84.4 Å². The number of rotatable bonds is 5. The largest absolute Gasteiger partial charge is 0.449 e. The van der Waals surface area contributed by atoms with Crippen LogP contribution in [0.1, 0.15) is 48.7 Å². The van der Waals surface area contributed by atoms with Crippen LogP contribution in [0.25, 0.3) is 22.7 Å². The number of para-hydroxylation sites is 1. The van der Waals surface area contributed by atoms with Crippen molar-refractivity contribution in [2.45, 2.75) is 38.1 Å². The standard InChI is InChI=1S/C26H23F2N3O2/c27-18-12-10-17(11-13-18)24-25(31(16-29-24)19-6-2-1-3-7-19)22-14-15-23(33-22)26(32)30-21-9-5-4-8-20(21)28/h4-5,8-16,19H,1-3,6-7H2,(H,30,32). The predicted octanol–water partition coefficient (Wildman–Crippen LogP) is 6.85. The number of nitrogens with zero attached hydrogens (tertiary/aromatic N) is 2. The highest BCUT2D eigenvalue weighted by molar-refractivity contribution is 6.02. The van der Waals surface area contributed by atoms with E-state index in [0.29, 0.717) is 11.5 Å². The summed E-state index contributed by atoms with van der Waals surface area (Å²) >= 11 is 0. The van der Waals surface area contributed by atoms with Gasteiger partial charge < -0.3 is 14.3 Å². The molecule has 0 aliphatic heterocycles. The number of aromatic nitrogens is 2. The lowest BCUT2D eigenvalue weighted by molar-refractivity contribution is 0.0997. The molecule has 1 fully saturated rings. The van der Waals surface area contributed by atoms with E-state index < -0.39 is 11.7 Å². The quantitative estimate of drug-likeness (QED) is 0.364. The third-order valence-corrected chi connectivity index (χ3v) is 6.06. The monoisotopic (exact) mass is 447 g/mol. The zero-order valence-corrected chi connectivity index (χ0v) is 17.9. The van der Waals surface area contributed by atoms with Crippen molar-refractivity contribution in [2.24, 2.45) is 0 Å². The normalized spacial score (nSPS) is 14.4. The minimum Gasteiger partial charge on any atom is -0.449 e. The summed E-state index contributed by atoms with van der Waals surface area (Å²) < 4.78 is 35.5. The summed E-state index contributed by atoms with van der Waals surface area (Å²) in [6, 6.07) is 15.7. The van der Waals surface area contributed by atoms with E-state index in [1.54, 1.807) is 42.7 Å². The number of benzene rings is 2. The SMILES string of the molecule is O=C(Nc1ccccc1F)c1ccc(-c2c(-c3ccc(F)cc3)ncn2C2CCCCC2)o1. The first-order chi connectivity index (χ1) is 16.1. The van der Waals surface area contributed by atoms with Crippen LogP contribution in [0.2, 0.25) is 0 Å². The lowest BCUT2D eigenvalue weighted by Gasteiger charge is -2.24. The van der Waals surface area contributed by atoms with E-state index in [2.05, 4.69) is 14.9 Å². The Bertz CT molecular complexity index is 1270. The van der Waals surface area contributed by atoms with Gasteiger partial charge in [-0.15, -0.1) is 0 Å². The van der Waals surface area contributed by atoms with Gasteiger partial charge in [0, 0.05) is 11.6 Å². The fourth-order valence-electron chi connectivity index (χ4n) is 4.39. The zero-order chi connectivity index (χ0) is 22.8. The van der Waals surface area contributed by atoms with Gasteiger partial charge in [-0.3, -0.25) is 4.79 Å². The lowest BCUT2D eigenvalue weighted by atomic mass is 9.95. The van der Waals surface area contributed by atoms with E-state index >= 15 is 0 Å². The first kappa shape index (κ1) is 21.1. The van der Waals surface area contributed by atoms with Gasteiger partial charge in [-0.1, -0.05) is 31.4 Å². The number of furan rings is 1. The summed E-state index contributed by atoms with van der Waals surface area (Å²) in [4.78, 5) is 17.3. The molecule has 0 spiro atoms. The molecule has 33 heavy (non-hydrogen) atoms. The second kappa shape index (κ2) is 9.02. The van der Waals surface area contributed by atoms with Crippen LogP contribution in [0.3, 0.4) is 0 Å². The fourth-order valence-corrected chi connectivity index (χ4v) is 4.39. The summed E-state index contributed by atoms with van der Waals surface area (Å²) in [5, 5.41) is 2.54. The van der Waals surface area contributed by atoms with Crippen molar-refractivity contribution in [3.8, 4) is 22.7 Å². The lowest BCUT2D eigenvalue weighted by Crippen LogP contribution is -2.13. The van der Waals surface area contributed by atoms with Crippen LogP contribution in [-0.4, -0.2) is 15.5 Å². The van der Waals surface area contributed by atoms with Crippen LogP contribution in [-0.2, 0) is 0 Å². The van der Waals surface area contributed by atoms with Crippen LogP contribution < -0.4 is 5.32 Å². The molecule has 4 aromatic rings. The third kappa shape index (κ3) is 4.31. The van der Waals surface area contributed by atoms with E-state index in [9.17, 15) is 13.6 Å². The van der Waals surface area contributed by atoms with Crippen molar-refractivity contribution in [1.29, 1.82) is 0 Å². The molecule has 2 aromatic carbocycles. The topological polar surface area (TPSA) is 60.1 Å². The summed E-state index contributed by atoms with van der Waals surface area (Å²) in [5.41, 5.74) is 2.25. The van der Waals surface area contributed by atoms with E-state index in [1.165, 1.54) is 30.7 Å². The number of carbonyl (C=O) groups excluding carboxylic acids is 1. The van der Waals surface area contributed by atoms with E-state index in [4.69, 9.17) is 4.42 Å². The summed E-state index contributed by atoms with van der Waals surface area (Å²) in [5.74, 6) is -0.840. The Morgan fingerprint density at radius 1 is 0.970 bits per heavy atom. The first-order valence-electron chi connectivity index (χ1n) is 11.1. The van der Waals surface area contributed by atoms with Crippen molar-refractivity contribution in [3.63, 3.8) is 0 Å². The molecule has 0 saturated heterocycles. The molecule has 1 aliphatic rings. The maximum atomic E-state index is 13.9. The number of imidazole rings is 1. The number of hydrogen-bond acceptors (Lipinski definition) is 3. The van der Waals surface area contributed by atoms with Gasteiger partial charge in [0.2, 0.25) is 0 Å². The molecule has 1 saturated carbocycles. The Kier molecular flexibility index (Phi) is 5.77. The van der Waals surface area contributed by atoms with Crippen LogP contribution in [0, 0.1) is 11.6 Å². The number of nitrogens with one attached hydrogen (secondary N) is 1. The number of hydrogen-bond donors (Lipinski definition) is 1. The smallest absolute Gasteiger partial charge is 0.291 e.